The third-order valence-electron chi connectivity index (χ3n) is 6.12. The van der Waals surface area contributed by atoms with E-state index in [9.17, 15) is 4.79 Å². The van der Waals surface area contributed by atoms with Gasteiger partial charge in [-0.05, 0) is 64.3 Å². The molecule has 6 heteroatoms. The zero-order valence-corrected chi connectivity index (χ0v) is 19.0. The number of carbonyl (C=O) groups is 1. The first-order valence-electron chi connectivity index (χ1n) is 11.5. The Morgan fingerprint density at radius 1 is 1.09 bits per heavy atom. The molecule has 168 valence electrons. The van der Waals surface area contributed by atoms with E-state index in [0.29, 0.717) is 18.3 Å². The van der Waals surface area contributed by atoms with Gasteiger partial charge in [-0.15, -0.1) is 0 Å². The van der Waals surface area contributed by atoms with Crippen LogP contribution in [0.4, 0.5) is 0 Å². The number of aryl methyl sites for hydroxylation is 3. The molecule has 1 saturated heterocycles. The van der Waals surface area contributed by atoms with E-state index in [1.165, 1.54) is 16.7 Å². The Balaban J connectivity index is 1.17. The number of hydrogen-bond donors (Lipinski definition) is 1. The van der Waals surface area contributed by atoms with Gasteiger partial charge >= 0.3 is 0 Å². The van der Waals surface area contributed by atoms with Crippen LogP contribution >= 0.6 is 0 Å². The van der Waals surface area contributed by atoms with Gasteiger partial charge in [0, 0.05) is 18.0 Å². The number of likely N-dealkylation sites (tertiary alicyclic amines) is 1. The molecule has 2 heterocycles. The smallest absolute Gasteiger partial charge is 0.241 e. The van der Waals surface area contributed by atoms with Gasteiger partial charge in [-0.3, -0.25) is 9.69 Å². The Labute approximate surface area is 190 Å². The van der Waals surface area contributed by atoms with E-state index in [4.69, 9.17) is 4.52 Å². The van der Waals surface area contributed by atoms with Crippen LogP contribution in [0.25, 0.3) is 11.4 Å². The Hall–Kier alpha value is -2.99. The van der Waals surface area contributed by atoms with Crippen LogP contribution in [-0.4, -0.2) is 40.6 Å². The number of aromatic nitrogens is 2. The highest BCUT2D eigenvalue weighted by molar-refractivity contribution is 5.78. The highest BCUT2D eigenvalue weighted by atomic mass is 16.5. The molecule has 0 radical (unpaired) electrons. The lowest BCUT2D eigenvalue weighted by atomic mass is 9.96. The number of hydrogen-bond acceptors (Lipinski definition) is 5. The minimum absolute atomic E-state index is 0.0937. The largest absolute Gasteiger partial charge is 0.356 e. The molecule has 1 N–H and O–H groups in total. The molecular formula is C26H32N4O2. The van der Waals surface area contributed by atoms with Crippen LogP contribution in [0.15, 0.2) is 53.1 Å². The van der Waals surface area contributed by atoms with Crippen molar-refractivity contribution in [2.24, 2.45) is 5.92 Å². The van der Waals surface area contributed by atoms with Crippen molar-refractivity contribution >= 4 is 5.91 Å². The summed E-state index contributed by atoms with van der Waals surface area (Å²) < 4.78 is 5.46. The normalized spacial score (nSPS) is 15.1. The molecular weight excluding hydrogens is 400 g/mol. The monoisotopic (exact) mass is 432 g/mol. The molecule has 32 heavy (non-hydrogen) atoms. The average molecular weight is 433 g/mol. The standard InChI is InChI=1S/C26H32N4O2/c1-19-8-10-21(11-9-19)6-4-14-27-26(31)22-12-15-30(16-13-22)18-24-28-25(29-32-24)23-7-3-5-20(2)17-23/h3,5,7-11,17,22H,4,6,12-16,18H2,1-2H3,(H,27,31). The van der Waals surface area contributed by atoms with Gasteiger partial charge in [-0.25, -0.2) is 0 Å². The van der Waals surface area contributed by atoms with Crippen molar-refractivity contribution < 1.29 is 9.32 Å². The van der Waals surface area contributed by atoms with Crippen LogP contribution in [-0.2, 0) is 17.8 Å². The van der Waals surface area contributed by atoms with Crippen LogP contribution in [0.5, 0.6) is 0 Å². The van der Waals surface area contributed by atoms with Gasteiger partial charge in [-0.1, -0.05) is 58.7 Å². The number of nitrogens with one attached hydrogen (secondary N) is 1. The predicted molar refractivity (Wildman–Crippen MR) is 125 cm³/mol. The Bertz CT molecular complexity index is 1020. The van der Waals surface area contributed by atoms with E-state index >= 15 is 0 Å². The van der Waals surface area contributed by atoms with E-state index in [1.807, 2.05) is 12.1 Å². The number of benzene rings is 2. The van der Waals surface area contributed by atoms with E-state index in [2.05, 4.69) is 70.6 Å². The number of rotatable bonds is 8. The molecule has 1 fully saturated rings. The number of carbonyl (C=O) groups excluding carboxylic acids is 1. The fourth-order valence-corrected chi connectivity index (χ4v) is 4.17. The van der Waals surface area contributed by atoms with Crippen LogP contribution in [0, 0.1) is 19.8 Å². The number of nitrogens with zero attached hydrogens (tertiary/aromatic N) is 3. The van der Waals surface area contributed by atoms with Crippen LogP contribution in [0.3, 0.4) is 0 Å². The zero-order valence-electron chi connectivity index (χ0n) is 19.0. The van der Waals surface area contributed by atoms with Crippen LogP contribution < -0.4 is 5.32 Å². The maximum absolute atomic E-state index is 12.5. The van der Waals surface area contributed by atoms with Crippen molar-refractivity contribution in [1.29, 1.82) is 0 Å². The summed E-state index contributed by atoms with van der Waals surface area (Å²) in [7, 11) is 0. The van der Waals surface area contributed by atoms with E-state index in [-0.39, 0.29) is 11.8 Å². The quantitative estimate of drug-likeness (QED) is 0.537. The SMILES string of the molecule is Cc1ccc(CCCNC(=O)C2CCN(Cc3nc(-c4cccc(C)c4)no3)CC2)cc1. The van der Waals surface area contributed by atoms with Crippen molar-refractivity contribution in [3.8, 4) is 11.4 Å². The summed E-state index contributed by atoms with van der Waals surface area (Å²) in [4.78, 5) is 19.4. The number of amides is 1. The fourth-order valence-electron chi connectivity index (χ4n) is 4.17. The maximum Gasteiger partial charge on any atom is 0.241 e. The molecule has 0 atom stereocenters. The lowest BCUT2D eigenvalue weighted by Crippen LogP contribution is -2.40. The molecule has 4 rings (SSSR count). The van der Waals surface area contributed by atoms with Crippen molar-refractivity contribution in [2.75, 3.05) is 19.6 Å². The molecule has 1 aliphatic rings. The summed E-state index contributed by atoms with van der Waals surface area (Å²) in [5.41, 5.74) is 4.74. The third-order valence-corrected chi connectivity index (χ3v) is 6.12. The summed E-state index contributed by atoms with van der Waals surface area (Å²) in [6.07, 6.45) is 3.69. The second kappa shape index (κ2) is 10.6. The molecule has 1 aliphatic heterocycles. The first kappa shape index (κ1) is 22.2. The zero-order chi connectivity index (χ0) is 22.3. The minimum Gasteiger partial charge on any atom is -0.356 e. The first-order valence-corrected chi connectivity index (χ1v) is 11.5. The molecule has 0 saturated carbocycles. The summed E-state index contributed by atoms with van der Waals surface area (Å²) in [6.45, 7) is 7.24. The average Bonchev–Trinajstić information content (AvgIpc) is 3.27. The summed E-state index contributed by atoms with van der Waals surface area (Å²) >= 11 is 0. The van der Waals surface area contributed by atoms with Crippen molar-refractivity contribution in [2.45, 2.75) is 46.1 Å². The molecule has 1 amide bonds. The second-order valence-electron chi connectivity index (χ2n) is 8.81. The highest BCUT2D eigenvalue weighted by Crippen LogP contribution is 2.21. The maximum atomic E-state index is 12.5. The fraction of sp³-hybridized carbons (Fsp3) is 0.423. The first-order chi connectivity index (χ1) is 15.6. The minimum atomic E-state index is 0.0937. The lowest BCUT2D eigenvalue weighted by Gasteiger charge is -2.30. The van der Waals surface area contributed by atoms with Gasteiger partial charge in [-0.2, -0.15) is 4.98 Å². The highest BCUT2D eigenvalue weighted by Gasteiger charge is 2.25. The molecule has 3 aromatic rings. The lowest BCUT2D eigenvalue weighted by molar-refractivity contribution is -0.126. The molecule has 0 spiro atoms. The third kappa shape index (κ3) is 6.04. The van der Waals surface area contributed by atoms with Gasteiger partial charge < -0.3 is 9.84 Å². The van der Waals surface area contributed by atoms with E-state index < -0.39 is 0 Å². The molecule has 6 nitrogen and oxygen atoms in total. The topological polar surface area (TPSA) is 71.3 Å². The van der Waals surface area contributed by atoms with Crippen LogP contribution in [0.1, 0.15) is 41.8 Å². The van der Waals surface area contributed by atoms with Crippen molar-refractivity contribution in [1.82, 2.24) is 20.4 Å². The predicted octanol–water partition coefficient (Wildman–Crippen LogP) is 4.31. The Kier molecular flexibility index (Phi) is 7.32. The van der Waals surface area contributed by atoms with Gasteiger partial charge in [0.1, 0.15) is 0 Å². The van der Waals surface area contributed by atoms with Crippen molar-refractivity contribution in [3.05, 3.63) is 71.1 Å². The van der Waals surface area contributed by atoms with E-state index in [0.717, 1.165) is 50.9 Å². The Morgan fingerprint density at radius 2 is 1.88 bits per heavy atom. The molecule has 0 aliphatic carbocycles. The van der Waals surface area contributed by atoms with Crippen molar-refractivity contribution in [3.63, 3.8) is 0 Å². The molecule has 2 aromatic carbocycles. The van der Waals surface area contributed by atoms with Gasteiger partial charge in [0.25, 0.3) is 0 Å². The Morgan fingerprint density at radius 3 is 2.62 bits per heavy atom. The second-order valence-corrected chi connectivity index (χ2v) is 8.81. The molecule has 1 aromatic heterocycles. The van der Waals surface area contributed by atoms with Crippen LogP contribution in [0.2, 0.25) is 0 Å². The van der Waals surface area contributed by atoms with Gasteiger partial charge in [0.15, 0.2) is 0 Å². The summed E-state index contributed by atoms with van der Waals surface area (Å²) in [6, 6.07) is 16.7. The molecule has 0 bridgehead atoms. The summed E-state index contributed by atoms with van der Waals surface area (Å²) in [5.74, 6) is 1.54. The van der Waals surface area contributed by atoms with Gasteiger partial charge in [0.2, 0.25) is 17.6 Å². The molecule has 0 unspecified atom stereocenters. The number of piperidine rings is 1. The van der Waals surface area contributed by atoms with Gasteiger partial charge in [0.05, 0.1) is 6.54 Å². The summed E-state index contributed by atoms with van der Waals surface area (Å²) in [5, 5.41) is 7.25. The van der Waals surface area contributed by atoms with E-state index in [1.54, 1.807) is 0 Å².